The Morgan fingerprint density at radius 1 is 1.62 bits per heavy atom. The van der Waals surface area contributed by atoms with Crippen LogP contribution >= 0.6 is 0 Å². The highest BCUT2D eigenvalue weighted by atomic mass is 16.5. The van der Waals surface area contributed by atoms with E-state index in [0.29, 0.717) is 31.7 Å². The van der Waals surface area contributed by atoms with Gasteiger partial charge in [-0.2, -0.15) is 0 Å². The SMILES string of the molecule is CCC1OCCC1CNC(=O)COCCN. The van der Waals surface area contributed by atoms with Crippen LogP contribution in [0.15, 0.2) is 0 Å². The molecule has 1 heterocycles. The first-order valence-corrected chi connectivity index (χ1v) is 5.94. The molecule has 1 aliphatic heterocycles. The van der Waals surface area contributed by atoms with Gasteiger partial charge in [-0.3, -0.25) is 4.79 Å². The first-order valence-electron chi connectivity index (χ1n) is 5.94. The molecule has 5 heteroatoms. The second kappa shape index (κ2) is 7.60. The van der Waals surface area contributed by atoms with Crippen molar-refractivity contribution in [3.63, 3.8) is 0 Å². The van der Waals surface area contributed by atoms with Gasteiger partial charge in [0.15, 0.2) is 0 Å². The highest BCUT2D eigenvalue weighted by Crippen LogP contribution is 2.22. The zero-order valence-corrected chi connectivity index (χ0v) is 9.91. The monoisotopic (exact) mass is 230 g/mol. The molecule has 1 aliphatic rings. The number of ether oxygens (including phenoxy) is 2. The summed E-state index contributed by atoms with van der Waals surface area (Å²) >= 11 is 0. The summed E-state index contributed by atoms with van der Waals surface area (Å²) in [6.07, 6.45) is 2.33. The molecular formula is C11H22N2O3. The second-order valence-electron chi connectivity index (χ2n) is 4.01. The molecule has 2 unspecified atom stereocenters. The molecule has 0 aromatic heterocycles. The molecule has 5 nitrogen and oxygen atoms in total. The third kappa shape index (κ3) is 4.47. The van der Waals surface area contributed by atoms with Gasteiger partial charge in [0, 0.05) is 25.6 Å². The maximum Gasteiger partial charge on any atom is 0.246 e. The smallest absolute Gasteiger partial charge is 0.246 e. The number of rotatable bonds is 7. The molecular weight excluding hydrogens is 208 g/mol. The minimum absolute atomic E-state index is 0.0739. The van der Waals surface area contributed by atoms with Crippen molar-refractivity contribution < 1.29 is 14.3 Å². The summed E-state index contributed by atoms with van der Waals surface area (Å²) in [5.74, 6) is 0.374. The third-order valence-corrected chi connectivity index (χ3v) is 2.81. The fourth-order valence-corrected chi connectivity index (χ4v) is 1.92. The van der Waals surface area contributed by atoms with Crippen molar-refractivity contribution in [2.24, 2.45) is 11.7 Å². The Morgan fingerprint density at radius 2 is 2.44 bits per heavy atom. The zero-order chi connectivity index (χ0) is 11.8. The predicted octanol–water partition coefficient (Wildman–Crippen LogP) is -0.107. The number of hydrogen-bond acceptors (Lipinski definition) is 4. The minimum Gasteiger partial charge on any atom is -0.378 e. The van der Waals surface area contributed by atoms with E-state index in [4.69, 9.17) is 15.2 Å². The van der Waals surface area contributed by atoms with Crippen LogP contribution in [0.4, 0.5) is 0 Å². The lowest BCUT2D eigenvalue weighted by Crippen LogP contribution is -2.35. The summed E-state index contributed by atoms with van der Waals surface area (Å²) in [6.45, 7) is 4.57. The Kier molecular flexibility index (Phi) is 6.37. The molecule has 16 heavy (non-hydrogen) atoms. The lowest BCUT2D eigenvalue weighted by atomic mass is 10.00. The van der Waals surface area contributed by atoms with Crippen molar-refractivity contribution in [3.8, 4) is 0 Å². The van der Waals surface area contributed by atoms with Gasteiger partial charge in [0.05, 0.1) is 12.7 Å². The fourth-order valence-electron chi connectivity index (χ4n) is 1.92. The first kappa shape index (κ1) is 13.4. The number of hydrogen-bond donors (Lipinski definition) is 2. The van der Waals surface area contributed by atoms with Crippen LogP contribution in [0.5, 0.6) is 0 Å². The van der Waals surface area contributed by atoms with E-state index in [2.05, 4.69) is 12.2 Å². The van der Waals surface area contributed by atoms with Crippen molar-refractivity contribution >= 4 is 5.91 Å². The van der Waals surface area contributed by atoms with Crippen molar-refractivity contribution in [2.75, 3.05) is 32.9 Å². The van der Waals surface area contributed by atoms with Crippen LogP contribution in [0.1, 0.15) is 19.8 Å². The molecule has 0 aromatic rings. The van der Waals surface area contributed by atoms with Crippen LogP contribution in [0.25, 0.3) is 0 Å². The quantitative estimate of drug-likeness (QED) is 0.599. The molecule has 1 amide bonds. The van der Waals surface area contributed by atoms with Crippen molar-refractivity contribution in [1.29, 1.82) is 0 Å². The topological polar surface area (TPSA) is 73.6 Å². The van der Waals surface area contributed by atoms with E-state index in [-0.39, 0.29) is 12.5 Å². The van der Waals surface area contributed by atoms with Crippen molar-refractivity contribution in [2.45, 2.75) is 25.9 Å². The molecule has 0 aliphatic carbocycles. The Balaban J connectivity index is 2.11. The lowest BCUT2D eigenvalue weighted by molar-refractivity contribution is -0.125. The summed E-state index contributed by atoms with van der Waals surface area (Å²) in [7, 11) is 0. The molecule has 94 valence electrons. The number of nitrogens with two attached hydrogens (primary N) is 1. The molecule has 1 saturated heterocycles. The van der Waals surface area contributed by atoms with Gasteiger partial charge in [0.25, 0.3) is 0 Å². The largest absolute Gasteiger partial charge is 0.378 e. The van der Waals surface area contributed by atoms with Crippen LogP contribution in [-0.4, -0.2) is 44.9 Å². The highest BCUT2D eigenvalue weighted by molar-refractivity contribution is 5.77. The Labute approximate surface area is 96.7 Å². The normalized spacial score (nSPS) is 24.6. The number of carbonyl (C=O) groups excluding carboxylic acids is 1. The van der Waals surface area contributed by atoms with Crippen LogP contribution in [0.2, 0.25) is 0 Å². The van der Waals surface area contributed by atoms with E-state index in [9.17, 15) is 4.79 Å². The van der Waals surface area contributed by atoms with E-state index in [1.54, 1.807) is 0 Å². The van der Waals surface area contributed by atoms with Crippen LogP contribution in [0.3, 0.4) is 0 Å². The number of nitrogens with one attached hydrogen (secondary N) is 1. The van der Waals surface area contributed by atoms with Crippen LogP contribution in [-0.2, 0) is 14.3 Å². The van der Waals surface area contributed by atoms with E-state index in [0.717, 1.165) is 19.4 Å². The molecule has 0 saturated carbocycles. The lowest BCUT2D eigenvalue weighted by Gasteiger charge is -2.17. The van der Waals surface area contributed by atoms with Gasteiger partial charge in [-0.1, -0.05) is 6.92 Å². The zero-order valence-electron chi connectivity index (χ0n) is 9.91. The first-order chi connectivity index (χ1) is 7.77. The third-order valence-electron chi connectivity index (χ3n) is 2.81. The van der Waals surface area contributed by atoms with Gasteiger partial charge in [0.2, 0.25) is 5.91 Å². The summed E-state index contributed by atoms with van der Waals surface area (Å²) in [4.78, 5) is 11.4. The van der Waals surface area contributed by atoms with Gasteiger partial charge in [-0.15, -0.1) is 0 Å². The Morgan fingerprint density at radius 3 is 3.12 bits per heavy atom. The maximum atomic E-state index is 11.4. The highest BCUT2D eigenvalue weighted by Gasteiger charge is 2.26. The van der Waals surface area contributed by atoms with E-state index in [1.165, 1.54) is 0 Å². The van der Waals surface area contributed by atoms with Crippen LogP contribution in [0, 0.1) is 5.92 Å². The summed E-state index contributed by atoms with van der Waals surface area (Å²) in [5, 5.41) is 2.86. The summed E-state index contributed by atoms with van der Waals surface area (Å²) in [6, 6.07) is 0. The molecule has 1 rings (SSSR count). The van der Waals surface area contributed by atoms with Gasteiger partial charge >= 0.3 is 0 Å². The average molecular weight is 230 g/mol. The predicted molar refractivity (Wildman–Crippen MR) is 61.0 cm³/mol. The molecule has 0 radical (unpaired) electrons. The maximum absolute atomic E-state index is 11.4. The summed E-state index contributed by atoms with van der Waals surface area (Å²) < 4.78 is 10.6. The van der Waals surface area contributed by atoms with E-state index >= 15 is 0 Å². The molecule has 0 spiro atoms. The molecule has 0 aromatic carbocycles. The average Bonchev–Trinajstić information content (AvgIpc) is 2.74. The van der Waals surface area contributed by atoms with Gasteiger partial charge < -0.3 is 20.5 Å². The second-order valence-corrected chi connectivity index (χ2v) is 4.01. The van der Waals surface area contributed by atoms with E-state index in [1.807, 2.05) is 0 Å². The Hall–Kier alpha value is -0.650. The molecule has 3 N–H and O–H groups in total. The molecule has 1 fully saturated rings. The van der Waals surface area contributed by atoms with Crippen molar-refractivity contribution in [3.05, 3.63) is 0 Å². The van der Waals surface area contributed by atoms with Gasteiger partial charge in [-0.05, 0) is 12.8 Å². The standard InChI is InChI=1S/C11H22N2O3/c1-2-10-9(3-5-16-10)7-13-11(14)8-15-6-4-12/h9-10H,2-8,12H2,1H3,(H,13,14). The number of amides is 1. The van der Waals surface area contributed by atoms with Crippen molar-refractivity contribution in [1.82, 2.24) is 5.32 Å². The number of carbonyl (C=O) groups is 1. The molecule has 2 atom stereocenters. The summed E-state index contributed by atoms with van der Waals surface area (Å²) in [5.41, 5.74) is 5.25. The van der Waals surface area contributed by atoms with Gasteiger partial charge in [0.1, 0.15) is 6.61 Å². The Bertz CT molecular complexity index is 211. The van der Waals surface area contributed by atoms with Gasteiger partial charge in [-0.25, -0.2) is 0 Å². The molecule has 0 bridgehead atoms. The minimum atomic E-state index is -0.0739. The fraction of sp³-hybridized carbons (Fsp3) is 0.909. The van der Waals surface area contributed by atoms with Crippen LogP contribution < -0.4 is 11.1 Å². The van der Waals surface area contributed by atoms with E-state index < -0.39 is 0 Å².